The molecule has 1 saturated heterocycles. The first kappa shape index (κ1) is 12.6. The molecule has 0 aliphatic carbocycles. The quantitative estimate of drug-likeness (QED) is 0.910. The van der Waals surface area contributed by atoms with Gasteiger partial charge in [-0.2, -0.15) is 0 Å². The van der Waals surface area contributed by atoms with Crippen molar-refractivity contribution in [2.45, 2.75) is 24.7 Å². The minimum Gasteiger partial charge on any atom is -0.365 e. The van der Waals surface area contributed by atoms with Gasteiger partial charge in [0.25, 0.3) is 0 Å². The standard InChI is InChI=1S/C15H16FN5/c16-9-5-10(17)8-21(7-9)13-2-1-11(12-6-20-12)14-15(13)19-4-3-18-14/h1-4,6,9-10,12H,5,7-8,17H2/t9-,10+,12?/m1/s1. The maximum absolute atomic E-state index is 13.8. The molecule has 2 aliphatic heterocycles. The topological polar surface area (TPSA) is 67.4 Å². The summed E-state index contributed by atoms with van der Waals surface area (Å²) < 4.78 is 13.8. The first-order valence-electron chi connectivity index (χ1n) is 7.14. The van der Waals surface area contributed by atoms with Crippen LogP contribution in [0, 0.1) is 0 Å². The zero-order valence-corrected chi connectivity index (χ0v) is 11.5. The second-order valence-electron chi connectivity index (χ2n) is 5.67. The van der Waals surface area contributed by atoms with Crippen molar-refractivity contribution >= 4 is 22.9 Å². The molecule has 4 rings (SSSR count). The van der Waals surface area contributed by atoms with Crippen molar-refractivity contribution in [3.8, 4) is 0 Å². The van der Waals surface area contributed by atoms with Crippen LogP contribution in [0.4, 0.5) is 10.1 Å². The fourth-order valence-corrected chi connectivity index (χ4v) is 3.03. The van der Waals surface area contributed by atoms with Gasteiger partial charge in [0.15, 0.2) is 0 Å². The number of benzene rings is 1. The Morgan fingerprint density at radius 2 is 1.90 bits per heavy atom. The van der Waals surface area contributed by atoms with Gasteiger partial charge in [-0.3, -0.25) is 15.0 Å². The van der Waals surface area contributed by atoms with Gasteiger partial charge in [0.1, 0.15) is 17.7 Å². The van der Waals surface area contributed by atoms with Crippen molar-refractivity contribution in [2.75, 3.05) is 18.0 Å². The number of halogens is 1. The molecule has 0 saturated carbocycles. The predicted octanol–water partition coefficient (Wildman–Crippen LogP) is 1.63. The van der Waals surface area contributed by atoms with Gasteiger partial charge in [-0.15, -0.1) is 0 Å². The van der Waals surface area contributed by atoms with Crippen LogP contribution in [0.1, 0.15) is 18.0 Å². The number of nitrogens with two attached hydrogens (primary N) is 1. The van der Waals surface area contributed by atoms with E-state index in [-0.39, 0.29) is 12.1 Å². The minimum absolute atomic E-state index is 0.121. The van der Waals surface area contributed by atoms with Crippen molar-refractivity contribution in [1.29, 1.82) is 0 Å². The third-order valence-corrected chi connectivity index (χ3v) is 4.02. The highest BCUT2D eigenvalue weighted by Crippen LogP contribution is 2.34. The van der Waals surface area contributed by atoms with Gasteiger partial charge in [0.05, 0.1) is 11.2 Å². The van der Waals surface area contributed by atoms with E-state index < -0.39 is 6.17 Å². The van der Waals surface area contributed by atoms with E-state index in [2.05, 4.69) is 15.0 Å². The highest BCUT2D eigenvalue weighted by atomic mass is 19.1. The van der Waals surface area contributed by atoms with Crippen molar-refractivity contribution < 1.29 is 4.39 Å². The first-order chi connectivity index (χ1) is 10.2. The van der Waals surface area contributed by atoms with Crippen LogP contribution in [0.15, 0.2) is 29.5 Å². The van der Waals surface area contributed by atoms with Gasteiger partial charge in [-0.25, -0.2) is 4.39 Å². The number of rotatable bonds is 2. The SMILES string of the molecule is N[C@H]1C[C@@H](F)CN(c2ccc(C3C=N3)c3nccnc23)C1. The minimum atomic E-state index is -0.896. The summed E-state index contributed by atoms with van der Waals surface area (Å²) in [5.41, 5.74) is 9.54. The number of piperidine rings is 1. The Bertz CT molecular complexity index is 700. The number of hydrogen-bond acceptors (Lipinski definition) is 5. The molecule has 21 heavy (non-hydrogen) atoms. The molecular formula is C15H16FN5. The monoisotopic (exact) mass is 285 g/mol. The van der Waals surface area contributed by atoms with Crippen molar-refractivity contribution in [3.63, 3.8) is 0 Å². The van der Waals surface area contributed by atoms with Crippen LogP contribution in [-0.4, -0.2) is 41.5 Å². The summed E-state index contributed by atoms with van der Waals surface area (Å²) in [5, 5.41) is 0. The number of nitrogens with zero attached hydrogens (tertiary/aromatic N) is 4. The summed E-state index contributed by atoms with van der Waals surface area (Å²) in [6.45, 7) is 1.00. The van der Waals surface area contributed by atoms with E-state index in [1.807, 2.05) is 23.2 Å². The molecule has 1 aromatic heterocycles. The second-order valence-corrected chi connectivity index (χ2v) is 5.67. The number of aromatic nitrogens is 2. The maximum atomic E-state index is 13.8. The lowest BCUT2D eigenvalue weighted by Crippen LogP contribution is -2.48. The van der Waals surface area contributed by atoms with Crippen LogP contribution in [0.3, 0.4) is 0 Å². The van der Waals surface area contributed by atoms with Gasteiger partial charge >= 0.3 is 0 Å². The third kappa shape index (κ3) is 2.25. The molecular weight excluding hydrogens is 269 g/mol. The van der Waals surface area contributed by atoms with Crippen molar-refractivity contribution in [3.05, 3.63) is 30.1 Å². The molecule has 108 valence electrons. The first-order valence-corrected chi connectivity index (χ1v) is 7.14. The summed E-state index contributed by atoms with van der Waals surface area (Å²) in [5.74, 6) is 0. The molecule has 2 aliphatic rings. The van der Waals surface area contributed by atoms with Crippen LogP contribution < -0.4 is 10.6 Å². The van der Waals surface area contributed by atoms with Gasteiger partial charge in [-0.1, -0.05) is 6.07 Å². The molecule has 2 aromatic rings. The second kappa shape index (κ2) is 4.73. The molecule has 0 spiro atoms. The molecule has 2 N–H and O–H groups in total. The van der Waals surface area contributed by atoms with Crippen LogP contribution in [0.5, 0.6) is 0 Å². The lowest BCUT2D eigenvalue weighted by Gasteiger charge is -2.35. The fourth-order valence-electron chi connectivity index (χ4n) is 3.03. The van der Waals surface area contributed by atoms with Crippen LogP contribution in [0.25, 0.3) is 11.0 Å². The Kier molecular flexibility index (Phi) is 2.85. The lowest BCUT2D eigenvalue weighted by atomic mass is 10.0. The average Bonchev–Trinajstić information content (AvgIpc) is 3.29. The Hall–Kier alpha value is -2.08. The average molecular weight is 285 g/mol. The van der Waals surface area contributed by atoms with Crippen molar-refractivity contribution in [1.82, 2.24) is 9.97 Å². The normalized spacial score (nSPS) is 28.1. The van der Waals surface area contributed by atoms with E-state index in [0.717, 1.165) is 22.3 Å². The number of aliphatic imine (C=N–C) groups is 1. The van der Waals surface area contributed by atoms with Crippen LogP contribution in [0.2, 0.25) is 0 Å². The molecule has 1 unspecified atom stereocenters. The van der Waals surface area contributed by atoms with Gasteiger partial charge in [0.2, 0.25) is 0 Å². The fraction of sp³-hybridized carbons (Fsp3) is 0.400. The number of anilines is 1. The largest absolute Gasteiger partial charge is 0.365 e. The Morgan fingerprint density at radius 3 is 2.62 bits per heavy atom. The van der Waals surface area contributed by atoms with Gasteiger partial charge in [0, 0.05) is 43.3 Å². The predicted molar refractivity (Wildman–Crippen MR) is 80.5 cm³/mol. The van der Waals surface area contributed by atoms with E-state index in [9.17, 15) is 4.39 Å². The van der Waals surface area contributed by atoms with Crippen LogP contribution >= 0.6 is 0 Å². The lowest BCUT2D eigenvalue weighted by molar-refractivity contribution is 0.269. The Labute approximate surface area is 121 Å². The van der Waals surface area contributed by atoms with E-state index >= 15 is 0 Å². The molecule has 1 aromatic carbocycles. The van der Waals surface area contributed by atoms with Crippen molar-refractivity contribution in [2.24, 2.45) is 10.7 Å². The van der Waals surface area contributed by atoms with E-state index in [4.69, 9.17) is 5.73 Å². The highest BCUT2D eigenvalue weighted by molar-refractivity contribution is 5.95. The van der Waals surface area contributed by atoms with Gasteiger partial charge < -0.3 is 10.6 Å². The van der Waals surface area contributed by atoms with Crippen LogP contribution in [-0.2, 0) is 0 Å². The summed E-state index contributed by atoms with van der Waals surface area (Å²) in [6.07, 6.45) is 4.76. The summed E-state index contributed by atoms with van der Waals surface area (Å²) in [6, 6.07) is 3.97. The maximum Gasteiger partial charge on any atom is 0.119 e. The molecule has 0 amide bonds. The summed E-state index contributed by atoms with van der Waals surface area (Å²) in [4.78, 5) is 15.1. The molecule has 3 atom stereocenters. The highest BCUT2D eigenvalue weighted by Gasteiger charge is 2.28. The molecule has 0 bridgehead atoms. The summed E-state index contributed by atoms with van der Waals surface area (Å²) in [7, 11) is 0. The van der Waals surface area contributed by atoms with E-state index in [1.54, 1.807) is 12.4 Å². The molecule has 5 nitrogen and oxygen atoms in total. The van der Waals surface area contributed by atoms with E-state index in [1.165, 1.54) is 0 Å². The van der Waals surface area contributed by atoms with E-state index in [0.29, 0.717) is 19.5 Å². The summed E-state index contributed by atoms with van der Waals surface area (Å²) >= 11 is 0. The molecule has 0 radical (unpaired) electrons. The molecule has 6 heteroatoms. The zero-order valence-electron chi connectivity index (χ0n) is 11.5. The number of fused-ring (bicyclic) bond motifs is 1. The van der Waals surface area contributed by atoms with Gasteiger partial charge in [-0.05, 0) is 12.5 Å². The Morgan fingerprint density at radius 1 is 1.14 bits per heavy atom. The number of alkyl halides is 1. The Balaban J connectivity index is 1.80. The third-order valence-electron chi connectivity index (χ3n) is 4.02. The smallest absolute Gasteiger partial charge is 0.119 e. The number of hydrogen-bond donors (Lipinski definition) is 1. The zero-order chi connectivity index (χ0) is 14.4. The molecule has 1 fully saturated rings. The molecule has 3 heterocycles.